The lowest BCUT2D eigenvalue weighted by molar-refractivity contribution is -0.359. The zero-order valence-electron chi connectivity index (χ0n) is 58.2. The molecule has 2 fully saturated rings. The molecule has 0 bridgehead atoms. The van der Waals surface area contributed by atoms with Crippen molar-refractivity contribution < 1.29 is 64.6 Å². The van der Waals surface area contributed by atoms with Gasteiger partial charge in [-0.3, -0.25) is 4.79 Å². The van der Waals surface area contributed by atoms with Crippen LogP contribution in [0.1, 0.15) is 277 Å². The molecule has 0 aromatic heterocycles. The number of nitrogens with one attached hydrogen (secondary N) is 1. The number of hydrogen-bond donors (Lipinski definition) is 9. The molecule has 14 nitrogen and oxygen atoms in total. The Kier molecular flexibility index (Phi) is 56.9. The van der Waals surface area contributed by atoms with Gasteiger partial charge in [-0.25, -0.2) is 0 Å². The molecule has 93 heavy (non-hydrogen) atoms. The molecule has 0 spiro atoms. The number of unbranched alkanes of at least 4 members (excludes halogenated alkanes) is 27. The number of amides is 1. The predicted octanol–water partition coefficient (Wildman–Crippen LogP) is 16.1. The molecule has 2 saturated heterocycles. The molecule has 12 atom stereocenters. The zero-order valence-corrected chi connectivity index (χ0v) is 58.2. The first-order valence-corrected chi connectivity index (χ1v) is 37.3. The molecule has 12 unspecified atom stereocenters. The molecule has 2 rings (SSSR count). The van der Waals surface area contributed by atoms with Crippen LogP contribution in [0.25, 0.3) is 0 Å². The zero-order chi connectivity index (χ0) is 67.3. The molecule has 2 heterocycles. The van der Waals surface area contributed by atoms with Crippen LogP contribution >= 0.6 is 0 Å². The summed E-state index contributed by atoms with van der Waals surface area (Å²) in [6.07, 6.45) is 73.5. The second-order valence-corrected chi connectivity index (χ2v) is 25.7. The van der Waals surface area contributed by atoms with E-state index in [1.54, 1.807) is 0 Å². The molecule has 0 aliphatic carbocycles. The third-order valence-corrected chi connectivity index (χ3v) is 17.4. The van der Waals surface area contributed by atoms with E-state index in [2.05, 4.69) is 141 Å². The average molecular weight is 1310 g/mol. The molecular weight excluding hydrogens is 1170 g/mol. The third kappa shape index (κ3) is 45.5. The van der Waals surface area contributed by atoms with Crippen LogP contribution in [0.3, 0.4) is 0 Å². The fourth-order valence-corrected chi connectivity index (χ4v) is 11.6. The van der Waals surface area contributed by atoms with Gasteiger partial charge in [0.25, 0.3) is 0 Å². The van der Waals surface area contributed by atoms with E-state index >= 15 is 0 Å². The molecule has 534 valence electrons. The normalized spacial score (nSPS) is 23.3. The highest BCUT2D eigenvalue weighted by molar-refractivity contribution is 5.76. The Bertz CT molecular complexity index is 2030. The molecule has 14 heteroatoms. The summed E-state index contributed by atoms with van der Waals surface area (Å²) in [5.41, 5.74) is 0. The van der Waals surface area contributed by atoms with Gasteiger partial charge in [-0.15, -0.1) is 0 Å². The lowest BCUT2D eigenvalue weighted by atomic mass is 9.97. The smallest absolute Gasteiger partial charge is 0.220 e. The molecule has 0 radical (unpaired) electrons. The van der Waals surface area contributed by atoms with Gasteiger partial charge < -0.3 is 65.1 Å². The number of carbonyl (C=O) groups excluding carboxylic acids is 1. The van der Waals surface area contributed by atoms with E-state index in [-0.39, 0.29) is 18.9 Å². The van der Waals surface area contributed by atoms with E-state index in [9.17, 15) is 45.6 Å². The first-order valence-electron chi connectivity index (χ1n) is 37.3. The molecule has 0 saturated carbocycles. The van der Waals surface area contributed by atoms with Crippen LogP contribution in [0.15, 0.2) is 122 Å². The molecule has 2 aliphatic rings. The maximum absolute atomic E-state index is 13.4. The highest BCUT2D eigenvalue weighted by Crippen LogP contribution is 2.30. The Morgan fingerprint density at radius 2 is 0.742 bits per heavy atom. The van der Waals surface area contributed by atoms with Crippen molar-refractivity contribution in [1.29, 1.82) is 0 Å². The van der Waals surface area contributed by atoms with Gasteiger partial charge in [-0.1, -0.05) is 302 Å². The van der Waals surface area contributed by atoms with E-state index in [0.29, 0.717) is 12.8 Å². The van der Waals surface area contributed by atoms with Crippen molar-refractivity contribution in [2.45, 2.75) is 351 Å². The van der Waals surface area contributed by atoms with Gasteiger partial charge in [-0.05, 0) is 89.9 Å². The van der Waals surface area contributed by atoms with Crippen LogP contribution in [0.2, 0.25) is 0 Å². The largest absolute Gasteiger partial charge is 0.394 e. The number of allylic oxidation sites excluding steroid dienone is 20. The lowest BCUT2D eigenvalue weighted by Gasteiger charge is -2.46. The summed E-state index contributed by atoms with van der Waals surface area (Å²) in [6, 6.07) is -0.847. The van der Waals surface area contributed by atoms with Crippen molar-refractivity contribution in [3.63, 3.8) is 0 Å². The maximum atomic E-state index is 13.4. The minimum atomic E-state index is -1.79. The topological polar surface area (TPSA) is 228 Å². The molecule has 2 aliphatic heterocycles. The monoisotopic (exact) mass is 1310 g/mol. The summed E-state index contributed by atoms with van der Waals surface area (Å²) < 4.78 is 22.9. The van der Waals surface area contributed by atoms with Crippen molar-refractivity contribution in [1.82, 2.24) is 5.32 Å². The molecular formula is C79H135NO13. The van der Waals surface area contributed by atoms with Crippen LogP contribution in [0.4, 0.5) is 0 Å². The van der Waals surface area contributed by atoms with E-state index < -0.39 is 86.8 Å². The van der Waals surface area contributed by atoms with Crippen LogP contribution in [-0.4, -0.2) is 140 Å². The molecule has 9 N–H and O–H groups in total. The Hall–Kier alpha value is -3.61. The number of aliphatic hydroxyl groups is 8. The van der Waals surface area contributed by atoms with Gasteiger partial charge >= 0.3 is 0 Å². The van der Waals surface area contributed by atoms with Gasteiger partial charge in [0.2, 0.25) is 5.91 Å². The minimum absolute atomic E-state index is 0.223. The summed E-state index contributed by atoms with van der Waals surface area (Å²) in [4.78, 5) is 13.4. The van der Waals surface area contributed by atoms with Crippen LogP contribution in [0, 0.1) is 0 Å². The molecule has 0 aromatic carbocycles. The Morgan fingerprint density at radius 1 is 0.398 bits per heavy atom. The van der Waals surface area contributed by atoms with E-state index in [0.717, 1.165) is 128 Å². The number of rotatable bonds is 60. The van der Waals surface area contributed by atoms with E-state index in [4.69, 9.17) is 18.9 Å². The van der Waals surface area contributed by atoms with Gasteiger partial charge in [-0.2, -0.15) is 0 Å². The van der Waals surface area contributed by atoms with Crippen molar-refractivity contribution >= 4 is 5.91 Å². The van der Waals surface area contributed by atoms with Crippen LogP contribution < -0.4 is 5.32 Å². The maximum Gasteiger partial charge on any atom is 0.220 e. The second-order valence-electron chi connectivity index (χ2n) is 25.7. The number of carbonyl (C=O) groups is 1. The summed E-state index contributed by atoms with van der Waals surface area (Å²) in [5, 5.41) is 87.7. The average Bonchev–Trinajstić information content (AvgIpc) is 0.852. The predicted molar refractivity (Wildman–Crippen MR) is 382 cm³/mol. The lowest BCUT2D eigenvalue weighted by Crippen LogP contribution is -2.65. The molecule has 0 aromatic rings. The summed E-state index contributed by atoms with van der Waals surface area (Å²) in [7, 11) is 0. The van der Waals surface area contributed by atoms with Crippen molar-refractivity contribution in [2.75, 3.05) is 19.8 Å². The second kappa shape index (κ2) is 61.9. The van der Waals surface area contributed by atoms with Crippen molar-refractivity contribution in [3.05, 3.63) is 122 Å². The Balaban J connectivity index is 1.66. The quantitative estimate of drug-likeness (QED) is 0.0204. The van der Waals surface area contributed by atoms with E-state index in [1.165, 1.54) is 116 Å². The van der Waals surface area contributed by atoms with Crippen molar-refractivity contribution in [2.24, 2.45) is 0 Å². The Labute approximate surface area is 565 Å². The standard InChI is InChI=1S/C79H135NO13/c1-3-5-7-9-11-13-15-17-19-21-23-25-27-28-29-30-31-32-33-34-35-36-37-38-39-40-41-43-45-47-49-51-53-55-57-59-61-63-71(84)80-67(66-90-78-76(89)74(87)77(70(65-82)92-78)93-79-75(88)73(86)72(85)69(64-81)91-79)68(83)62-60-58-56-54-52-50-48-46-44-42-26-24-22-20-18-16-14-12-10-8-6-4-2/h5,7,11,13,17,19,23,25,28-29,31-32,34-35,37-38,40-41,45,47,67-70,72-79,81-83,85-89H,3-4,6,8-10,12,14-16,18,20-22,24,26-27,30,33,36,39,42-44,46,48-66H2,1-2H3,(H,80,84)/b7-5-,13-11-,19-17-,25-23-,29-28-,32-31-,35-34-,38-37-,41-40-,47-45-. The first kappa shape index (κ1) is 85.5. The number of hydrogen-bond acceptors (Lipinski definition) is 13. The number of ether oxygens (including phenoxy) is 4. The highest BCUT2D eigenvalue weighted by Gasteiger charge is 2.51. The third-order valence-electron chi connectivity index (χ3n) is 17.4. The molecule has 1 amide bonds. The Morgan fingerprint density at radius 3 is 1.14 bits per heavy atom. The minimum Gasteiger partial charge on any atom is -0.394 e. The van der Waals surface area contributed by atoms with Gasteiger partial charge in [0.1, 0.15) is 48.8 Å². The van der Waals surface area contributed by atoms with E-state index in [1.807, 2.05) is 0 Å². The van der Waals surface area contributed by atoms with Gasteiger partial charge in [0.05, 0.1) is 32.0 Å². The fraction of sp³-hybridized carbons (Fsp3) is 0.734. The summed E-state index contributed by atoms with van der Waals surface area (Å²) in [5.74, 6) is -0.223. The van der Waals surface area contributed by atoms with Crippen LogP contribution in [-0.2, 0) is 23.7 Å². The first-order chi connectivity index (χ1) is 45.6. The van der Waals surface area contributed by atoms with Gasteiger partial charge in [0, 0.05) is 6.42 Å². The highest BCUT2D eigenvalue weighted by atomic mass is 16.7. The van der Waals surface area contributed by atoms with Crippen molar-refractivity contribution in [3.8, 4) is 0 Å². The van der Waals surface area contributed by atoms with Gasteiger partial charge in [0.15, 0.2) is 12.6 Å². The number of aliphatic hydroxyl groups excluding tert-OH is 8. The van der Waals surface area contributed by atoms with Crippen LogP contribution in [0.5, 0.6) is 0 Å². The fourth-order valence-electron chi connectivity index (χ4n) is 11.6. The SMILES string of the molecule is CC/C=C\C/C=C\C/C=C\C/C=C\C/C=C\C/C=C\C/C=C\C/C=C\C/C=C\C/C=C\CCCCCCCCC(=O)NC(COC1OC(CO)C(OC2OC(CO)C(O)C(O)C2O)C(O)C1O)C(O)CCCCCCCCCCCCCCCCCCCCCCCC. The summed E-state index contributed by atoms with van der Waals surface area (Å²) in [6.45, 7) is 2.76. The summed E-state index contributed by atoms with van der Waals surface area (Å²) >= 11 is 0.